The molecule has 0 saturated carbocycles. The lowest BCUT2D eigenvalue weighted by Gasteiger charge is -2.32. The highest BCUT2D eigenvalue weighted by molar-refractivity contribution is 6.30. The van der Waals surface area contributed by atoms with Crippen LogP contribution in [0, 0.1) is 12.3 Å². The molecule has 28 heavy (non-hydrogen) atoms. The third-order valence-corrected chi connectivity index (χ3v) is 5.66. The third-order valence-electron chi connectivity index (χ3n) is 5.08. The van der Waals surface area contributed by atoms with Crippen LogP contribution in [-0.2, 0) is 11.2 Å². The molecule has 150 valence electrons. The van der Waals surface area contributed by atoms with Crippen LogP contribution in [0.25, 0.3) is 0 Å². The number of alkyl halides is 1. The predicted molar refractivity (Wildman–Crippen MR) is 120 cm³/mol. The summed E-state index contributed by atoms with van der Waals surface area (Å²) in [5, 5.41) is 7.44. The molecule has 0 spiro atoms. The van der Waals surface area contributed by atoms with Gasteiger partial charge in [0.15, 0.2) is 0 Å². The van der Waals surface area contributed by atoms with Gasteiger partial charge in [-0.2, -0.15) is 0 Å². The highest BCUT2D eigenvalue weighted by Crippen LogP contribution is 2.38. The van der Waals surface area contributed by atoms with E-state index in [1.54, 1.807) is 0 Å². The van der Waals surface area contributed by atoms with E-state index in [0.717, 1.165) is 34.8 Å². The number of amides is 1. The van der Waals surface area contributed by atoms with Gasteiger partial charge in [0, 0.05) is 28.2 Å². The number of anilines is 2. The minimum Gasteiger partial charge on any atom is -0.378 e. The van der Waals surface area contributed by atoms with Crippen LogP contribution in [0.5, 0.6) is 0 Å². The Hall–Kier alpha value is -1.71. The van der Waals surface area contributed by atoms with Crippen molar-refractivity contribution >= 4 is 40.5 Å². The fourth-order valence-electron chi connectivity index (χ4n) is 3.76. The lowest BCUT2D eigenvalue weighted by molar-refractivity contribution is -0.117. The monoisotopic (exact) mass is 418 g/mol. The normalized spacial score (nSPS) is 19.1. The van der Waals surface area contributed by atoms with Crippen LogP contribution in [0.1, 0.15) is 56.3 Å². The number of nitrogens with one attached hydrogen (secondary N) is 2. The van der Waals surface area contributed by atoms with Crippen molar-refractivity contribution in [2.45, 2.75) is 58.4 Å². The summed E-state index contributed by atoms with van der Waals surface area (Å²) in [6.07, 6.45) is 2.15. The molecule has 3 rings (SSSR count). The summed E-state index contributed by atoms with van der Waals surface area (Å²) in [7, 11) is 0. The van der Waals surface area contributed by atoms with Gasteiger partial charge in [-0.05, 0) is 72.2 Å². The molecule has 1 amide bonds. The Morgan fingerprint density at radius 2 is 1.82 bits per heavy atom. The fourth-order valence-corrected chi connectivity index (χ4v) is 4.22. The SMILES string of the molecule is Cc1c(NC(=O)CC(C)(C)C)ccc2c1CC(Cl)CC2Nc1ccc(Cl)cc1. The van der Waals surface area contributed by atoms with Crippen LogP contribution >= 0.6 is 23.2 Å². The van der Waals surface area contributed by atoms with Gasteiger partial charge in [0.05, 0.1) is 6.04 Å². The van der Waals surface area contributed by atoms with E-state index in [0.29, 0.717) is 6.42 Å². The van der Waals surface area contributed by atoms with Crippen LogP contribution in [-0.4, -0.2) is 11.3 Å². The van der Waals surface area contributed by atoms with Crippen LogP contribution in [0.4, 0.5) is 11.4 Å². The van der Waals surface area contributed by atoms with Crippen molar-refractivity contribution in [1.82, 2.24) is 0 Å². The van der Waals surface area contributed by atoms with Gasteiger partial charge in [-0.3, -0.25) is 4.79 Å². The Kier molecular flexibility index (Phi) is 6.26. The standard InChI is InChI=1S/C23H28Cl2N2O/c1-14-19-11-16(25)12-21(26-17-7-5-15(24)6-8-17)18(19)9-10-20(14)27-22(28)13-23(2,3)4/h5-10,16,21,26H,11-13H2,1-4H3,(H,27,28). The zero-order valence-corrected chi connectivity index (χ0v) is 18.4. The van der Waals surface area contributed by atoms with Gasteiger partial charge < -0.3 is 10.6 Å². The van der Waals surface area contributed by atoms with E-state index in [1.807, 2.05) is 30.3 Å². The Morgan fingerprint density at radius 1 is 1.14 bits per heavy atom. The second kappa shape index (κ2) is 8.34. The minimum absolute atomic E-state index is 0.0406. The van der Waals surface area contributed by atoms with E-state index in [9.17, 15) is 4.79 Å². The first-order valence-corrected chi connectivity index (χ1v) is 10.5. The molecule has 2 N–H and O–H groups in total. The molecule has 1 aliphatic rings. The molecule has 2 aromatic rings. The van der Waals surface area contributed by atoms with Crippen molar-refractivity contribution in [2.24, 2.45) is 5.41 Å². The molecule has 0 aliphatic heterocycles. The van der Waals surface area contributed by atoms with E-state index in [-0.39, 0.29) is 22.7 Å². The minimum atomic E-state index is -0.0406. The molecular formula is C23H28Cl2N2O. The number of fused-ring (bicyclic) bond motifs is 1. The summed E-state index contributed by atoms with van der Waals surface area (Å²) < 4.78 is 0. The maximum atomic E-state index is 12.4. The molecule has 0 radical (unpaired) electrons. The summed E-state index contributed by atoms with van der Waals surface area (Å²) in [5.41, 5.74) is 5.44. The number of rotatable bonds is 4. The Morgan fingerprint density at radius 3 is 2.46 bits per heavy atom. The molecule has 5 heteroatoms. The Labute approximate surface area is 177 Å². The third kappa shape index (κ3) is 5.21. The summed E-state index contributed by atoms with van der Waals surface area (Å²) in [6, 6.07) is 12.0. The summed E-state index contributed by atoms with van der Waals surface area (Å²) in [6.45, 7) is 8.27. The van der Waals surface area contributed by atoms with E-state index in [1.165, 1.54) is 11.1 Å². The smallest absolute Gasteiger partial charge is 0.224 e. The lowest BCUT2D eigenvalue weighted by atomic mass is 9.84. The summed E-state index contributed by atoms with van der Waals surface area (Å²) >= 11 is 12.6. The summed E-state index contributed by atoms with van der Waals surface area (Å²) in [5.74, 6) is 0.0459. The van der Waals surface area contributed by atoms with Crippen LogP contribution < -0.4 is 10.6 Å². The first-order valence-electron chi connectivity index (χ1n) is 9.71. The first kappa shape index (κ1) is 21.0. The van der Waals surface area contributed by atoms with Crippen molar-refractivity contribution in [3.8, 4) is 0 Å². The van der Waals surface area contributed by atoms with Crippen molar-refractivity contribution in [3.63, 3.8) is 0 Å². The highest BCUT2D eigenvalue weighted by atomic mass is 35.5. The van der Waals surface area contributed by atoms with Crippen LogP contribution in [0.2, 0.25) is 5.02 Å². The van der Waals surface area contributed by atoms with E-state index >= 15 is 0 Å². The number of carbonyl (C=O) groups is 1. The van der Waals surface area contributed by atoms with Gasteiger partial charge in [-0.15, -0.1) is 11.6 Å². The molecule has 0 saturated heterocycles. The average molecular weight is 419 g/mol. The van der Waals surface area contributed by atoms with Gasteiger partial charge in [0.25, 0.3) is 0 Å². The quantitative estimate of drug-likeness (QED) is 0.540. The Bertz CT molecular complexity index is 856. The zero-order valence-electron chi connectivity index (χ0n) is 16.9. The highest BCUT2D eigenvalue weighted by Gasteiger charge is 2.28. The molecule has 2 atom stereocenters. The van der Waals surface area contributed by atoms with E-state index in [2.05, 4.69) is 44.4 Å². The second-order valence-electron chi connectivity index (χ2n) is 8.83. The molecule has 0 fully saturated rings. The maximum Gasteiger partial charge on any atom is 0.224 e. The number of benzene rings is 2. The van der Waals surface area contributed by atoms with Crippen LogP contribution in [0.15, 0.2) is 36.4 Å². The predicted octanol–water partition coefficient (Wildman–Crippen LogP) is 6.73. The number of halogens is 2. The average Bonchev–Trinajstić information content (AvgIpc) is 2.58. The molecule has 0 aromatic heterocycles. The zero-order chi connectivity index (χ0) is 20.5. The topological polar surface area (TPSA) is 41.1 Å². The Balaban J connectivity index is 1.84. The molecule has 3 nitrogen and oxygen atoms in total. The lowest BCUT2D eigenvalue weighted by Crippen LogP contribution is -2.26. The molecular weight excluding hydrogens is 391 g/mol. The van der Waals surface area contributed by atoms with Crippen molar-refractivity contribution in [2.75, 3.05) is 10.6 Å². The second-order valence-corrected chi connectivity index (χ2v) is 9.89. The number of carbonyl (C=O) groups excluding carboxylic acids is 1. The van der Waals surface area contributed by atoms with Gasteiger partial charge in [-0.25, -0.2) is 0 Å². The van der Waals surface area contributed by atoms with Gasteiger partial charge in [-0.1, -0.05) is 38.4 Å². The van der Waals surface area contributed by atoms with Crippen LogP contribution in [0.3, 0.4) is 0 Å². The summed E-state index contributed by atoms with van der Waals surface area (Å²) in [4.78, 5) is 12.4. The number of hydrogen-bond donors (Lipinski definition) is 2. The largest absolute Gasteiger partial charge is 0.378 e. The molecule has 2 unspecified atom stereocenters. The van der Waals surface area contributed by atoms with Crippen molar-refractivity contribution < 1.29 is 4.79 Å². The van der Waals surface area contributed by atoms with Crippen molar-refractivity contribution in [3.05, 3.63) is 58.1 Å². The van der Waals surface area contributed by atoms with Gasteiger partial charge in [0.1, 0.15) is 0 Å². The van der Waals surface area contributed by atoms with E-state index in [4.69, 9.17) is 23.2 Å². The van der Waals surface area contributed by atoms with E-state index < -0.39 is 0 Å². The molecule has 0 bridgehead atoms. The maximum absolute atomic E-state index is 12.4. The van der Waals surface area contributed by atoms with Gasteiger partial charge >= 0.3 is 0 Å². The molecule has 0 heterocycles. The fraction of sp³-hybridized carbons (Fsp3) is 0.435. The molecule has 2 aromatic carbocycles. The first-order chi connectivity index (χ1) is 13.1. The number of hydrogen-bond acceptors (Lipinski definition) is 2. The molecule has 1 aliphatic carbocycles. The van der Waals surface area contributed by atoms with Gasteiger partial charge in [0.2, 0.25) is 5.91 Å². The van der Waals surface area contributed by atoms with Crippen molar-refractivity contribution in [1.29, 1.82) is 0 Å².